The first-order valence-corrected chi connectivity index (χ1v) is 6.26. The van der Waals surface area contributed by atoms with Gasteiger partial charge in [0.1, 0.15) is 5.15 Å². The predicted octanol–water partition coefficient (Wildman–Crippen LogP) is 2.81. The third-order valence-corrected chi connectivity index (χ3v) is 3.46. The van der Waals surface area contributed by atoms with Gasteiger partial charge in [0, 0.05) is 18.3 Å². The molecule has 1 aliphatic rings. The Labute approximate surface area is 110 Å². The zero-order chi connectivity index (χ0) is 12.5. The van der Waals surface area contributed by atoms with Crippen LogP contribution < -0.4 is 5.32 Å². The van der Waals surface area contributed by atoms with E-state index in [0.29, 0.717) is 11.6 Å². The summed E-state index contributed by atoms with van der Waals surface area (Å²) in [7, 11) is 0. The molecule has 0 unspecified atom stereocenters. The number of nitrogens with zero attached hydrogens (tertiary/aromatic N) is 1. The molecule has 0 saturated carbocycles. The number of fused-ring (bicyclic) bond motifs is 1. The average molecular weight is 261 g/mol. The van der Waals surface area contributed by atoms with Crippen molar-refractivity contribution in [3.05, 3.63) is 58.9 Å². The maximum Gasteiger partial charge on any atom is 0.131 e. The highest BCUT2D eigenvalue weighted by atomic mass is 35.5. The number of hydrogen-bond acceptors (Lipinski definition) is 3. The molecule has 1 aromatic carbocycles. The summed E-state index contributed by atoms with van der Waals surface area (Å²) < 4.78 is 0. The van der Waals surface area contributed by atoms with E-state index in [1.165, 1.54) is 5.56 Å². The molecule has 1 aromatic heterocycles. The number of hydrogen-bond donors (Lipinski definition) is 2. The van der Waals surface area contributed by atoms with Crippen LogP contribution in [0.3, 0.4) is 0 Å². The molecule has 18 heavy (non-hydrogen) atoms. The molecule has 3 nitrogen and oxygen atoms in total. The molecule has 0 radical (unpaired) electrons. The normalized spacial score (nSPS) is 21.7. The van der Waals surface area contributed by atoms with Gasteiger partial charge in [-0.25, -0.2) is 4.98 Å². The minimum absolute atomic E-state index is 0.0836. The van der Waals surface area contributed by atoms with Crippen molar-refractivity contribution in [3.8, 4) is 0 Å². The van der Waals surface area contributed by atoms with Crippen molar-refractivity contribution in [2.75, 3.05) is 5.32 Å². The largest absolute Gasteiger partial charge is 0.390 e. The molecule has 2 aromatic rings. The van der Waals surface area contributed by atoms with Gasteiger partial charge in [-0.3, -0.25) is 0 Å². The molecule has 92 valence electrons. The number of halogens is 1. The molecule has 2 N–H and O–H groups in total. The Morgan fingerprint density at radius 1 is 1.28 bits per heavy atom. The Balaban J connectivity index is 1.89. The summed E-state index contributed by atoms with van der Waals surface area (Å²) in [6, 6.07) is 11.6. The van der Waals surface area contributed by atoms with E-state index in [1.54, 1.807) is 12.3 Å². The van der Waals surface area contributed by atoms with Crippen molar-refractivity contribution < 1.29 is 5.11 Å². The van der Waals surface area contributed by atoms with Gasteiger partial charge in [0.25, 0.3) is 0 Å². The van der Waals surface area contributed by atoms with E-state index in [9.17, 15) is 5.11 Å². The molecule has 1 heterocycles. The minimum atomic E-state index is -0.408. The Bertz CT molecular complexity index is 573. The van der Waals surface area contributed by atoms with Crippen molar-refractivity contribution in [1.29, 1.82) is 0 Å². The van der Waals surface area contributed by atoms with Crippen LogP contribution in [0.4, 0.5) is 5.69 Å². The highest BCUT2D eigenvalue weighted by molar-refractivity contribution is 6.29. The summed E-state index contributed by atoms with van der Waals surface area (Å²) >= 11 is 5.85. The van der Waals surface area contributed by atoms with Crippen LogP contribution in [0.5, 0.6) is 0 Å². The third-order valence-electron chi connectivity index (χ3n) is 3.25. The molecule has 2 atom stereocenters. The molecule has 1 aliphatic carbocycles. The first kappa shape index (κ1) is 11.5. The number of aliphatic hydroxyl groups is 1. The fourth-order valence-electron chi connectivity index (χ4n) is 2.42. The standard InChI is InChI=1S/C14H13ClN2O/c15-13-8-10(5-6-16-13)17-14-11-4-2-1-3-9(11)7-12(14)18/h1-6,8,12,14,18H,7H2,(H,16,17)/t12-,14+/m1/s1. The molecular weight excluding hydrogens is 248 g/mol. The van der Waals surface area contributed by atoms with E-state index in [2.05, 4.69) is 16.4 Å². The maximum atomic E-state index is 10.1. The van der Waals surface area contributed by atoms with E-state index in [4.69, 9.17) is 11.6 Å². The van der Waals surface area contributed by atoms with Crippen molar-refractivity contribution >= 4 is 17.3 Å². The monoisotopic (exact) mass is 260 g/mol. The molecule has 4 heteroatoms. The van der Waals surface area contributed by atoms with E-state index in [-0.39, 0.29) is 6.04 Å². The minimum Gasteiger partial charge on any atom is -0.390 e. The number of aliphatic hydroxyl groups excluding tert-OH is 1. The zero-order valence-corrected chi connectivity index (χ0v) is 10.4. The van der Waals surface area contributed by atoms with Crippen molar-refractivity contribution in [1.82, 2.24) is 4.98 Å². The summed E-state index contributed by atoms with van der Waals surface area (Å²) in [6.07, 6.45) is 1.93. The smallest absolute Gasteiger partial charge is 0.131 e. The second-order valence-electron chi connectivity index (χ2n) is 4.46. The molecule has 0 fully saturated rings. The fourth-order valence-corrected chi connectivity index (χ4v) is 2.59. The van der Waals surface area contributed by atoms with Crippen LogP contribution in [0.1, 0.15) is 17.2 Å². The lowest BCUT2D eigenvalue weighted by Crippen LogP contribution is -2.21. The van der Waals surface area contributed by atoms with Crippen LogP contribution in [-0.4, -0.2) is 16.2 Å². The molecule has 0 bridgehead atoms. The van der Waals surface area contributed by atoms with E-state index < -0.39 is 6.10 Å². The highest BCUT2D eigenvalue weighted by Gasteiger charge is 2.30. The van der Waals surface area contributed by atoms with E-state index in [0.717, 1.165) is 11.3 Å². The van der Waals surface area contributed by atoms with Gasteiger partial charge in [0.2, 0.25) is 0 Å². The molecule has 0 spiro atoms. The van der Waals surface area contributed by atoms with Gasteiger partial charge in [-0.15, -0.1) is 0 Å². The van der Waals surface area contributed by atoms with Gasteiger partial charge in [-0.05, 0) is 23.3 Å². The second kappa shape index (κ2) is 4.59. The van der Waals surface area contributed by atoms with Gasteiger partial charge in [-0.1, -0.05) is 35.9 Å². The molecule has 0 saturated heterocycles. The van der Waals surface area contributed by atoms with Crippen molar-refractivity contribution in [2.24, 2.45) is 0 Å². The molecule has 0 amide bonds. The Morgan fingerprint density at radius 2 is 2.11 bits per heavy atom. The predicted molar refractivity (Wildman–Crippen MR) is 71.8 cm³/mol. The summed E-state index contributed by atoms with van der Waals surface area (Å²) in [4.78, 5) is 3.94. The van der Waals surface area contributed by atoms with Gasteiger partial charge < -0.3 is 10.4 Å². The molecule has 3 rings (SSSR count). The topological polar surface area (TPSA) is 45.1 Å². The van der Waals surface area contributed by atoms with Gasteiger partial charge in [0.15, 0.2) is 0 Å². The van der Waals surface area contributed by atoms with Gasteiger partial charge in [-0.2, -0.15) is 0 Å². The molecular formula is C14H13ClN2O. The van der Waals surface area contributed by atoms with Crippen LogP contribution in [0.25, 0.3) is 0 Å². The highest BCUT2D eigenvalue weighted by Crippen LogP contribution is 2.34. The number of pyridine rings is 1. The van der Waals surface area contributed by atoms with Gasteiger partial charge >= 0.3 is 0 Å². The SMILES string of the molecule is O[C@@H]1Cc2ccccc2[C@@H]1Nc1ccnc(Cl)c1. The Kier molecular flexibility index (Phi) is 2.94. The van der Waals surface area contributed by atoms with Crippen LogP contribution >= 0.6 is 11.6 Å². The lowest BCUT2D eigenvalue weighted by atomic mass is 10.1. The Hall–Kier alpha value is -1.58. The van der Waals surface area contributed by atoms with Gasteiger partial charge in [0.05, 0.1) is 12.1 Å². The van der Waals surface area contributed by atoms with Crippen molar-refractivity contribution in [3.63, 3.8) is 0 Å². The quantitative estimate of drug-likeness (QED) is 0.816. The van der Waals surface area contributed by atoms with E-state index >= 15 is 0 Å². The summed E-state index contributed by atoms with van der Waals surface area (Å²) in [5.41, 5.74) is 3.22. The number of anilines is 1. The van der Waals surface area contributed by atoms with Crippen LogP contribution in [0.2, 0.25) is 5.15 Å². The van der Waals surface area contributed by atoms with Crippen LogP contribution in [0, 0.1) is 0 Å². The third kappa shape index (κ3) is 2.07. The fraction of sp³-hybridized carbons (Fsp3) is 0.214. The number of benzene rings is 1. The summed E-state index contributed by atoms with van der Waals surface area (Å²) in [6.45, 7) is 0. The summed E-state index contributed by atoms with van der Waals surface area (Å²) in [5, 5.41) is 13.9. The zero-order valence-electron chi connectivity index (χ0n) is 9.68. The van der Waals surface area contributed by atoms with E-state index in [1.807, 2.05) is 24.3 Å². The Morgan fingerprint density at radius 3 is 2.94 bits per heavy atom. The van der Waals surface area contributed by atoms with Crippen LogP contribution in [-0.2, 0) is 6.42 Å². The van der Waals surface area contributed by atoms with Crippen molar-refractivity contribution in [2.45, 2.75) is 18.6 Å². The maximum absolute atomic E-state index is 10.1. The number of aromatic nitrogens is 1. The first-order chi connectivity index (χ1) is 8.74. The lowest BCUT2D eigenvalue weighted by molar-refractivity contribution is 0.166. The number of nitrogens with one attached hydrogen (secondary N) is 1. The van der Waals surface area contributed by atoms with Crippen LogP contribution in [0.15, 0.2) is 42.6 Å². The lowest BCUT2D eigenvalue weighted by Gasteiger charge is -2.19. The first-order valence-electron chi connectivity index (χ1n) is 5.88. The molecule has 0 aliphatic heterocycles. The summed E-state index contributed by atoms with van der Waals surface area (Å²) in [5.74, 6) is 0. The average Bonchev–Trinajstić information content (AvgIpc) is 2.66. The second-order valence-corrected chi connectivity index (χ2v) is 4.85. The number of rotatable bonds is 2.